The number of aliphatic hydroxyl groups excluding tert-OH is 1. The highest BCUT2D eigenvalue weighted by Crippen LogP contribution is 2.45. The Labute approximate surface area is 575 Å². The van der Waals surface area contributed by atoms with Crippen LogP contribution in [0.25, 0.3) is 0 Å². The van der Waals surface area contributed by atoms with E-state index in [-0.39, 0.29) is 25.7 Å². The summed E-state index contributed by atoms with van der Waals surface area (Å²) in [6.07, 6.45) is 48.7. The topological polar surface area (TPSA) is 237 Å². The lowest BCUT2D eigenvalue weighted by Crippen LogP contribution is -2.30. The predicted molar refractivity (Wildman–Crippen MR) is 381 cm³/mol. The minimum absolute atomic E-state index is 0.105. The summed E-state index contributed by atoms with van der Waals surface area (Å²) < 4.78 is 68.4. The molecule has 0 heterocycles. The van der Waals surface area contributed by atoms with Gasteiger partial charge in [-0.15, -0.1) is 0 Å². The Morgan fingerprint density at radius 3 is 0.755 bits per heavy atom. The van der Waals surface area contributed by atoms with Gasteiger partial charge < -0.3 is 33.8 Å². The van der Waals surface area contributed by atoms with Crippen molar-refractivity contribution in [2.45, 2.75) is 395 Å². The lowest BCUT2D eigenvalue weighted by Gasteiger charge is -2.21. The van der Waals surface area contributed by atoms with E-state index in [0.717, 1.165) is 114 Å². The minimum atomic E-state index is -4.96. The first-order valence-electron chi connectivity index (χ1n) is 38.7. The molecule has 0 saturated heterocycles. The highest BCUT2D eigenvalue weighted by Gasteiger charge is 2.30. The van der Waals surface area contributed by atoms with E-state index in [4.69, 9.17) is 37.0 Å². The first kappa shape index (κ1) is 92.1. The van der Waals surface area contributed by atoms with E-state index in [9.17, 15) is 43.2 Å². The van der Waals surface area contributed by atoms with Crippen LogP contribution >= 0.6 is 15.6 Å². The molecule has 19 heteroatoms. The van der Waals surface area contributed by atoms with Crippen LogP contribution in [-0.2, 0) is 65.4 Å². The molecule has 0 aliphatic heterocycles. The van der Waals surface area contributed by atoms with Gasteiger partial charge in [0.05, 0.1) is 26.4 Å². The van der Waals surface area contributed by atoms with Gasteiger partial charge in [-0.05, 0) is 49.4 Å². The van der Waals surface area contributed by atoms with Crippen molar-refractivity contribution in [2.75, 3.05) is 39.6 Å². The second-order valence-electron chi connectivity index (χ2n) is 28.7. The van der Waals surface area contributed by atoms with Crippen molar-refractivity contribution in [1.82, 2.24) is 0 Å². The highest BCUT2D eigenvalue weighted by molar-refractivity contribution is 7.47. The van der Waals surface area contributed by atoms with Crippen LogP contribution in [0.4, 0.5) is 0 Å². The van der Waals surface area contributed by atoms with E-state index in [1.165, 1.54) is 173 Å². The maximum Gasteiger partial charge on any atom is 0.472 e. The highest BCUT2D eigenvalue weighted by atomic mass is 31.2. The van der Waals surface area contributed by atoms with Gasteiger partial charge in [-0.2, -0.15) is 0 Å². The summed E-state index contributed by atoms with van der Waals surface area (Å²) in [4.78, 5) is 72.7. The predicted octanol–water partition coefficient (Wildman–Crippen LogP) is 21.7. The third kappa shape index (κ3) is 67.3. The summed E-state index contributed by atoms with van der Waals surface area (Å²) in [5.74, 6) is 0.911. The Bertz CT molecular complexity index is 1850. The summed E-state index contributed by atoms with van der Waals surface area (Å²) >= 11 is 0. The number of aliphatic hydroxyl groups is 1. The van der Waals surface area contributed by atoms with E-state index in [1.807, 2.05) is 0 Å². The van der Waals surface area contributed by atoms with Crippen LogP contribution in [0.2, 0.25) is 0 Å². The monoisotopic (exact) mass is 1380 g/mol. The van der Waals surface area contributed by atoms with Gasteiger partial charge >= 0.3 is 39.5 Å². The molecule has 3 N–H and O–H groups in total. The van der Waals surface area contributed by atoms with E-state index in [2.05, 4.69) is 55.4 Å². The molecule has 0 fully saturated rings. The zero-order valence-electron chi connectivity index (χ0n) is 61.6. The molecule has 4 unspecified atom stereocenters. The fourth-order valence-corrected chi connectivity index (χ4v) is 12.9. The quantitative estimate of drug-likeness (QED) is 0.0222. The second kappa shape index (κ2) is 64.4. The van der Waals surface area contributed by atoms with E-state index in [1.54, 1.807) is 0 Å². The molecular weight excluding hydrogens is 1230 g/mol. The van der Waals surface area contributed by atoms with Crippen LogP contribution in [0.15, 0.2) is 0 Å². The summed E-state index contributed by atoms with van der Waals surface area (Å²) in [7, 11) is -9.91. The van der Waals surface area contributed by atoms with Crippen molar-refractivity contribution in [3.8, 4) is 0 Å². The number of esters is 4. The average Bonchev–Trinajstić information content (AvgIpc) is 2.44. The number of hydrogen-bond acceptors (Lipinski definition) is 15. The summed E-state index contributed by atoms with van der Waals surface area (Å²) in [5, 5.41) is 10.6. The molecular formula is C75H146O17P2. The zero-order chi connectivity index (χ0) is 69.6. The van der Waals surface area contributed by atoms with Crippen molar-refractivity contribution in [1.29, 1.82) is 0 Å². The number of carbonyl (C=O) groups is 4. The Morgan fingerprint density at radius 2 is 0.511 bits per heavy atom. The molecule has 0 aromatic heterocycles. The van der Waals surface area contributed by atoms with Gasteiger partial charge in [0, 0.05) is 25.7 Å². The molecule has 0 amide bonds. The molecule has 0 bridgehead atoms. The standard InChI is InChI=1S/C75H146O17P2/c1-9-68(8)54-46-38-29-23-18-19-25-32-42-50-58-75(80)91-70(61-85-72(77)55-47-39-30-26-20-22-28-36-44-52-66(4)5)63-89-93(81,82)87-59-69(76)60-88-94(83,84)90-64-71(62-86-73(78)56-48-40-34-33-37-45-53-67(6)7)92-74(79)57-49-41-31-24-17-15-13-11-10-12-14-16-21-27-35-43-51-65(2)3/h65-71,76H,9-64H2,1-8H3,(H,81,82)(H,83,84)/t68?,69?,70-,71-/m1/s1. The van der Waals surface area contributed by atoms with Crippen molar-refractivity contribution in [3.63, 3.8) is 0 Å². The van der Waals surface area contributed by atoms with Gasteiger partial charge in [-0.25, -0.2) is 9.13 Å². The van der Waals surface area contributed by atoms with Gasteiger partial charge in [0.2, 0.25) is 0 Å². The van der Waals surface area contributed by atoms with Gasteiger partial charge in [0.1, 0.15) is 19.3 Å². The lowest BCUT2D eigenvalue weighted by atomic mass is 9.99. The fraction of sp³-hybridized carbons (Fsp3) is 0.947. The van der Waals surface area contributed by atoms with Crippen LogP contribution in [0.1, 0.15) is 376 Å². The summed E-state index contributed by atoms with van der Waals surface area (Å²) in [5.41, 5.74) is 0. The first-order chi connectivity index (χ1) is 45.1. The Hall–Kier alpha value is -1.94. The van der Waals surface area contributed by atoms with Crippen molar-refractivity contribution >= 4 is 39.5 Å². The van der Waals surface area contributed by atoms with Crippen LogP contribution in [0.5, 0.6) is 0 Å². The molecule has 0 aromatic rings. The normalized spacial score (nSPS) is 14.4. The number of phosphoric ester groups is 2. The van der Waals surface area contributed by atoms with Crippen LogP contribution < -0.4 is 0 Å². The first-order valence-corrected chi connectivity index (χ1v) is 41.7. The van der Waals surface area contributed by atoms with Gasteiger partial charge in [-0.3, -0.25) is 37.3 Å². The van der Waals surface area contributed by atoms with Crippen molar-refractivity contribution < 1.29 is 80.2 Å². The number of unbranched alkanes of at least 4 members (excludes halogenated alkanes) is 37. The molecule has 0 spiro atoms. The molecule has 0 aromatic carbocycles. The zero-order valence-corrected chi connectivity index (χ0v) is 63.4. The van der Waals surface area contributed by atoms with Crippen LogP contribution in [0, 0.1) is 23.7 Å². The average molecular weight is 1380 g/mol. The van der Waals surface area contributed by atoms with Crippen molar-refractivity contribution in [2.24, 2.45) is 23.7 Å². The van der Waals surface area contributed by atoms with E-state index in [0.29, 0.717) is 31.6 Å². The maximum absolute atomic E-state index is 13.0. The van der Waals surface area contributed by atoms with Gasteiger partial charge in [0.25, 0.3) is 0 Å². The molecule has 94 heavy (non-hydrogen) atoms. The Balaban J connectivity index is 5.21. The second-order valence-corrected chi connectivity index (χ2v) is 31.6. The lowest BCUT2D eigenvalue weighted by molar-refractivity contribution is -0.161. The van der Waals surface area contributed by atoms with E-state index >= 15 is 0 Å². The molecule has 6 atom stereocenters. The van der Waals surface area contributed by atoms with Gasteiger partial charge in [-0.1, -0.05) is 325 Å². The number of carbonyl (C=O) groups excluding carboxylic acids is 4. The largest absolute Gasteiger partial charge is 0.472 e. The number of phosphoric acid groups is 2. The molecule has 0 aliphatic rings. The number of hydrogen-bond donors (Lipinski definition) is 3. The van der Waals surface area contributed by atoms with Crippen molar-refractivity contribution in [3.05, 3.63) is 0 Å². The molecule has 0 radical (unpaired) electrons. The fourth-order valence-electron chi connectivity index (χ4n) is 11.3. The third-order valence-electron chi connectivity index (χ3n) is 17.7. The minimum Gasteiger partial charge on any atom is -0.462 e. The Morgan fingerprint density at radius 1 is 0.298 bits per heavy atom. The summed E-state index contributed by atoms with van der Waals surface area (Å²) in [6, 6.07) is 0. The Kier molecular flexibility index (Phi) is 63.1. The van der Waals surface area contributed by atoms with Crippen LogP contribution in [-0.4, -0.2) is 96.7 Å². The molecule has 17 nitrogen and oxygen atoms in total. The third-order valence-corrected chi connectivity index (χ3v) is 19.6. The number of ether oxygens (including phenoxy) is 4. The molecule has 0 rings (SSSR count). The molecule has 0 aliphatic carbocycles. The van der Waals surface area contributed by atoms with Crippen LogP contribution in [0.3, 0.4) is 0 Å². The molecule has 558 valence electrons. The number of rotatable bonds is 72. The molecule has 0 saturated carbocycles. The maximum atomic E-state index is 13.0. The van der Waals surface area contributed by atoms with Gasteiger partial charge in [0.15, 0.2) is 12.2 Å². The SMILES string of the molecule is CCC(C)CCCCCCCCCCCCC(=O)O[C@H](COC(=O)CCCCCCCCCCCC(C)C)COP(=O)(O)OCC(O)COP(=O)(O)OC[C@@H](COC(=O)CCCCCCCCC(C)C)OC(=O)CCCCCCCCCCCCCCCCCCC(C)C. The summed E-state index contributed by atoms with van der Waals surface area (Å²) in [6.45, 7) is 14.1. The smallest absolute Gasteiger partial charge is 0.462 e. The van der Waals surface area contributed by atoms with E-state index < -0.39 is 97.5 Å².